The number of rotatable bonds is 5. The van der Waals surface area contributed by atoms with Gasteiger partial charge in [0.1, 0.15) is 5.65 Å². The number of hydrogen-bond donors (Lipinski definition) is 0. The highest BCUT2D eigenvalue weighted by Crippen LogP contribution is 2.33. The summed E-state index contributed by atoms with van der Waals surface area (Å²) in [5.74, 6) is 0.548. The van der Waals surface area contributed by atoms with Gasteiger partial charge in [0.25, 0.3) is 5.56 Å². The van der Waals surface area contributed by atoms with Gasteiger partial charge in [0.15, 0.2) is 0 Å². The normalized spacial score (nSPS) is 18.3. The molecule has 1 aromatic carbocycles. The lowest BCUT2D eigenvalue weighted by Gasteiger charge is -2.30. The smallest absolute Gasteiger partial charge is 0.256 e. The molecule has 0 saturated heterocycles. The number of aromatic nitrogens is 3. The van der Waals surface area contributed by atoms with Crippen molar-refractivity contribution in [3.05, 3.63) is 64.1 Å². The number of anilines is 1. The van der Waals surface area contributed by atoms with Crippen LogP contribution in [0.2, 0.25) is 0 Å². The first kappa shape index (κ1) is 21.7. The number of benzene rings is 1. The van der Waals surface area contributed by atoms with E-state index in [0.717, 1.165) is 60.7 Å². The molecule has 0 N–H and O–H groups in total. The van der Waals surface area contributed by atoms with Crippen molar-refractivity contribution in [2.24, 2.45) is 0 Å². The average Bonchev–Trinajstić information content (AvgIpc) is 3.39. The summed E-state index contributed by atoms with van der Waals surface area (Å²) in [6.07, 6.45) is 17.9. The van der Waals surface area contributed by atoms with Crippen LogP contribution in [0.1, 0.15) is 87.8 Å². The van der Waals surface area contributed by atoms with Gasteiger partial charge in [-0.15, -0.1) is 0 Å². The zero-order chi connectivity index (χ0) is 22.8. The van der Waals surface area contributed by atoms with Crippen LogP contribution >= 0.6 is 0 Å². The van der Waals surface area contributed by atoms with E-state index in [0.29, 0.717) is 5.95 Å². The Morgan fingerprint density at radius 1 is 1.06 bits per heavy atom. The minimum absolute atomic E-state index is 0.000115. The van der Waals surface area contributed by atoms with Crippen molar-refractivity contribution in [2.45, 2.75) is 82.7 Å². The van der Waals surface area contributed by atoms with Gasteiger partial charge < -0.3 is 0 Å². The highest BCUT2D eigenvalue weighted by Gasteiger charge is 2.27. The molecule has 2 aromatic heterocycles. The monoisotopic (exact) mass is 440 g/mol. The lowest BCUT2D eigenvalue weighted by Crippen LogP contribution is -2.34. The van der Waals surface area contributed by atoms with Gasteiger partial charge in [0.05, 0.1) is 0 Å². The first-order valence-electron chi connectivity index (χ1n) is 12.4. The van der Waals surface area contributed by atoms with Crippen LogP contribution in [0.25, 0.3) is 11.0 Å². The van der Waals surface area contributed by atoms with E-state index in [4.69, 9.17) is 11.4 Å². The van der Waals surface area contributed by atoms with E-state index in [1.165, 1.54) is 19.3 Å². The summed E-state index contributed by atoms with van der Waals surface area (Å²) in [7, 11) is 0. The van der Waals surface area contributed by atoms with E-state index < -0.39 is 0 Å². The zero-order valence-corrected chi connectivity index (χ0v) is 19.4. The van der Waals surface area contributed by atoms with Crippen LogP contribution in [0, 0.1) is 12.5 Å². The van der Waals surface area contributed by atoms with Gasteiger partial charge in [-0.1, -0.05) is 75.8 Å². The molecule has 1 atom stereocenters. The Bertz CT molecular complexity index is 1210. The zero-order valence-electron chi connectivity index (χ0n) is 19.4. The van der Waals surface area contributed by atoms with Crippen LogP contribution in [0.3, 0.4) is 0 Å². The van der Waals surface area contributed by atoms with Gasteiger partial charge in [0.2, 0.25) is 5.95 Å². The maximum absolute atomic E-state index is 13.9. The molecule has 170 valence electrons. The molecule has 5 rings (SSSR count). The van der Waals surface area contributed by atoms with E-state index >= 15 is 0 Å². The summed E-state index contributed by atoms with van der Waals surface area (Å²) < 4.78 is 1.96. The standard InChI is InChI=1S/C28H32N4O/c1-3-31(23-14-8-5-9-15-23)28-29-19-22-18-25(20(2)21-12-6-4-7-13-21)27(33)32(26(22)30-28)24-16-10-11-17-24/h1,4,6-7,12-13,18-20,23-24H,5,8-11,14-17H2,2H3. The lowest BCUT2D eigenvalue weighted by molar-refractivity contribution is 0.434. The van der Waals surface area contributed by atoms with Crippen molar-refractivity contribution < 1.29 is 0 Å². The second kappa shape index (κ2) is 9.39. The molecule has 0 spiro atoms. The SMILES string of the molecule is C#CN(c1ncc2cc(C(C)c3ccccc3)c(=O)n(C3CCCC3)c2n1)C1CCCCC1. The van der Waals surface area contributed by atoms with E-state index in [2.05, 4.69) is 30.1 Å². The van der Waals surface area contributed by atoms with Gasteiger partial charge in [-0.2, -0.15) is 4.98 Å². The van der Waals surface area contributed by atoms with Gasteiger partial charge >= 0.3 is 0 Å². The predicted molar refractivity (Wildman–Crippen MR) is 133 cm³/mol. The molecule has 2 aliphatic rings. The summed E-state index contributed by atoms with van der Waals surface area (Å²) >= 11 is 0. The molecule has 2 fully saturated rings. The summed E-state index contributed by atoms with van der Waals surface area (Å²) in [5, 5.41) is 0.906. The van der Waals surface area contributed by atoms with E-state index in [1.807, 2.05) is 39.9 Å². The maximum atomic E-state index is 13.9. The topological polar surface area (TPSA) is 51.0 Å². The van der Waals surface area contributed by atoms with Crippen LogP contribution in [0.15, 0.2) is 47.4 Å². The third-order valence-electron chi connectivity index (χ3n) is 7.54. The van der Waals surface area contributed by atoms with E-state index in [9.17, 15) is 4.79 Å². The third-order valence-corrected chi connectivity index (χ3v) is 7.54. The minimum atomic E-state index is -0.000115. The fourth-order valence-corrected chi connectivity index (χ4v) is 5.65. The second-order valence-corrected chi connectivity index (χ2v) is 9.59. The molecular formula is C28H32N4O. The van der Waals surface area contributed by atoms with E-state index in [1.54, 1.807) is 0 Å². The molecule has 2 heterocycles. The van der Waals surface area contributed by atoms with Crippen molar-refractivity contribution in [1.82, 2.24) is 14.5 Å². The van der Waals surface area contributed by atoms with Crippen LogP contribution in [-0.4, -0.2) is 20.6 Å². The maximum Gasteiger partial charge on any atom is 0.256 e. The van der Waals surface area contributed by atoms with Crippen molar-refractivity contribution in [3.8, 4) is 12.5 Å². The summed E-state index contributed by atoms with van der Waals surface area (Å²) in [5.41, 5.74) is 2.73. The minimum Gasteiger partial charge on any atom is -0.289 e. The molecule has 0 bridgehead atoms. The molecule has 5 heteroatoms. The van der Waals surface area contributed by atoms with Gasteiger partial charge in [-0.05, 0) is 37.3 Å². The van der Waals surface area contributed by atoms with Crippen LogP contribution in [0.5, 0.6) is 0 Å². The summed E-state index contributed by atoms with van der Waals surface area (Å²) in [6, 6.07) is 15.5. The molecule has 2 aliphatic carbocycles. The van der Waals surface area contributed by atoms with Crippen molar-refractivity contribution in [3.63, 3.8) is 0 Å². The van der Waals surface area contributed by atoms with E-state index in [-0.39, 0.29) is 23.6 Å². The summed E-state index contributed by atoms with van der Waals surface area (Å²) in [6.45, 7) is 2.11. The first-order valence-corrected chi connectivity index (χ1v) is 12.4. The van der Waals surface area contributed by atoms with Crippen molar-refractivity contribution in [1.29, 1.82) is 0 Å². The number of terminal acetylenes is 1. The number of hydrogen-bond acceptors (Lipinski definition) is 4. The first-order chi connectivity index (χ1) is 16.2. The Kier molecular flexibility index (Phi) is 6.17. The summed E-state index contributed by atoms with van der Waals surface area (Å²) in [4.78, 5) is 25.4. The second-order valence-electron chi connectivity index (χ2n) is 9.59. The van der Waals surface area contributed by atoms with Crippen molar-refractivity contribution in [2.75, 3.05) is 4.90 Å². The highest BCUT2D eigenvalue weighted by molar-refractivity contribution is 5.77. The van der Waals surface area contributed by atoms with Gasteiger partial charge in [0, 0.05) is 41.2 Å². The number of pyridine rings is 1. The molecular weight excluding hydrogens is 408 g/mol. The Morgan fingerprint density at radius 2 is 1.76 bits per heavy atom. The molecule has 0 aliphatic heterocycles. The Hall–Kier alpha value is -3.13. The molecule has 0 radical (unpaired) electrons. The van der Waals surface area contributed by atoms with Crippen LogP contribution in [0.4, 0.5) is 5.95 Å². The van der Waals surface area contributed by atoms with Crippen LogP contribution < -0.4 is 10.5 Å². The van der Waals surface area contributed by atoms with Crippen molar-refractivity contribution >= 4 is 17.0 Å². The van der Waals surface area contributed by atoms with Crippen LogP contribution in [-0.2, 0) is 0 Å². The molecule has 33 heavy (non-hydrogen) atoms. The Labute approximate surface area is 195 Å². The van der Waals surface area contributed by atoms with Gasteiger partial charge in [-0.25, -0.2) is 4.98 Å². The highest BCUT2D eigenvalue weighted by atomic mass is 16.1. The number of fused-ring (bicyclic) bond motifs is 1. The van der Waals surface area contributed by atoms with Gasteiger partial charge in [-0.3, -0.25) is 14.3 Å². The largest absolute Gasteiger partial charge is 0.289 e. The fourth-order valence-electron chi connectivity index (χ4n) is 5.65. The molecule has 5 nitrogen and oxygen atoms in total. The lowest BCUT2D eigenvalue weighted by atomic mass is 9.93. The molecule has 0 amide bonds. The third kappa shape index (κ3) is 4.15. The number of nitrogens with zero attached hydrogens (tertiary/aromatic N) is 4. The Balaban J connectivity index is 1.64. The fraction of sp³-hybridized carbons (Fsp3) is 0.464. The quantitative estimate of drug-likeness (QED) is 0.372. The Morgan fingerprint density at radius 3 is 2.45 bits per heavy atom. The molecule has 1 unspecified atom stereocenters. The average molecular weight is 441 g/mol. The predicted octanol–water partition coefficient (Wildman–Crippen LogP) is 5.79. The molecule has 2 saturated carbocycles. The molecule has 3 aromatic rings.